The molecule has 2 aromatic heterocycles. The second-order valence-corrected chi connectivity index (χ2v) is 5.51. The van der Waals surface area contributed by atoms with Crippen molar-refractivity contribution in [3.63, 3.8) is 0 Å². The minimum atomic E-state index is -0.173. The van der Waals surface area contributed by atoms with Gasteiger partial charge in [-0.2, -0.15) is 0 Å². The van der Waals surface area contributed by atoms with Gasteiger partial charge in [0.05, 0.1) is 10.6 Å². The van der Waals surface area contributed by atoms with Gasteiger partial charge >= 0.3 is 0 Å². The van der Waals surface area contributed by atoms with Crippen molar-refractivity contribution in [3.8, 4) is 0 Å². The molecule has 118 valence electrons. The highest BCUT2D eigenvalue weighted by Crippen LogP contribution is 2.15. The molecule has 0 bridgehead atoms. The van der Waals surface area contributed by atoms with Crippen LogP contribution in [0.25, 0.3) is 11.2 Å². The van der Waals surface area contributed by atoms with Crippen LogP contribution >= 0.6 is 11.6 Å². The molecule has 0 saturated heterocycles. The van der Waals surface area contributed by atoms with Crippen LogP contribution < -0.4 is 5.32 Å². The van der Waals surface area contributed by atoms with Gasteiger partial charge in [0.1, 0.15) is 11.3 Å². The number of pyridine rings is 1. The van der Waals surface area contributed by atoms with Crippen LogP contribution in [0.15, 0.2) is 42.6 Å². The molecular weight excluding hydrogens is 312 g/mol. The molecule has 5 nitrogen and oxygen atoms in total. The largest absolute Gasteiger partial charge is 0.352 e. The second-order valence-electron chi connectivity index (χ2n) is 5.10. The first-order valence-corrected chi connectivity index (χ1v) is 7.91. The molecule has 2 heterocycles. The van der Waals surface area contributed by atoms with Crippen molar-refractivity contribution in [2.24, 2.45) is 0 Å². The van der Waals surface area contributed by atoms with E-state index in [-0.39, 0.29) is 5.91 Å². The first kappa shape index (κ1) is 15.5. The fraction of sp³-hybridized carbons (Fsp3) is 0.235. The molecule has 0 saturated carbocycles. The van der Waals surface area contributed by atoms with Crippen LogP contribution in [0.2, 0.25) is 5.02 Å². The van der Waals surface area contributed by atoms with Crippen molar-refractivity contribution in [1.29, 1.82) is 0 Å². The van der Waals surface area contributed by atoms with Gasteiger partial charge in [0.2, 0.25) is 0 Å². The summed E-state index contributed by atoms with van der Waals surface area (Å²) in [5.74, 6) is 0.744. The highest BCUT2D eigenvalue weighted by molar-refractivity contribution is 6.33. The van der Waals surface area contributed by atoms with E-state index in [0.717, 1.165) is 23.5 Å². The molecule has 0 aliphatic rings. The van der Waals surface area contributed by atoms with Gasteiger partial charge in [-0.05, 0) is 31.2 Å². The third-order valence-corrected chi connectivity index (χ3v) is 3.98. The van der Waals surface area contributed by atoms with E-state index < -0.39 is 0 Å². The average Bonchev–Trinajstić information content (AvgIpc) is 2.92. The standard InChI is InChI=1S/C17H17ClN4O/c1-2-22-15(21-14-8-5-10-19-16(14)22)9-11-20-17(23)12-6-3-4-7-13(12)18/h3-8,10H,2,9,11H2,1H3,(H,20,23). The molecule has 0 aliphatic carbocycles. The molecule has 0 atom stereocenters. The lowest BCUT2D eigenvalue weighted by Crippen LogP contribution is -2.26. The number of halogens is 1. The first-order valence-electron chi connectivity index (χ1n) is 7.53. The lowest BCUT2D eigenvalue weighted by Gasteiger charge is -2.08. The van der Waals surface area contributed by atoms with Crippen molar-refractivity contribution in [2.45, 2.75) is 19.9 Å². The van der Waals surface area contributed by atoms with Crippen LogP contribution in [0.1, 0.15) is 23.1 Å². The molecule has 0 aliphatic heterocycles. The van der Waals surface area contributed by atoms with E-state index in [2.05, 4.69) is 26.8 Å². The molecule has 0 unspecified atom stereocenters. The number of carbonyl (C=O) groups is 1. The Morgan fingerprint density at radius 2 is 2.09 bits per heavy atom. The van der Waals surface area contributed by atoms with Gasteiger partial charge in [-0.15, -0.1) is 0 Å². The number of aryl methyl sites for hydroxylation is 1. The number of imidazole rings is 1. The van der Waals surface area contributed by atoms with Gasteiger partial charge in [0.15, 0.2) is 5.65 Å². The maximum atomic E-state index is 12.1. The van der Waals surface area contributed by atoms with E-state index in [1.807, 2.05) is 12.1 Å². The van der Waals surface area contributed by atoms with E-state index in [0.29, 0.717) is 23.6 Å². The lowest BCUT2D eigenvalue weighted by molar-refractivity contribution is 0.0954. The highest BCUT2D eigenvalue weighted by atomic mass is 35.5. The van der Waals surface area contributed by atoms with Crippen LogP contribution in [-0.2, 0) is 13.0 Å². The number of hydrogen-bond donors (Lipinski definition) is 1. The van der Waals surface area contributed by atoms with E-state index >= 15 is 0 Å². The van der Waals surface area contributed by atoms with Gasteiger partial charge in [-0.25, -0.2) is 9.97 Å². The Morgan fingerprint density at radius 3 is 2.87 bits per heavy atom. The number of benzene rings is 1. The third kappa shape index (κ3) is 3.19. The van der Waals surface area contributed by atoms with Crippen LogP contribution in [0.4, 0.5) is 0 Å². The Kier molecular flexibility index (Phi) is 4.57. The summed E-state index contributed by atoms with van der Waals surface area (Å²) in [6.07, 6.45) is 2.40. The summed E-state index contributed by atoms with van der Waals surface area (Å²) in [7, 11) is 0. The zero-order valence-electron chi connectivity index (χ0n) is 12.8. The van der Waals surface area contributed by atoms with E-state index in [9.17, 15) is 4.79 Å². The van der Waals surface area contributed by atoms with Crippen molar-refractivity contribution in [2.75, 3.05) is 6.54 Å². The third-order valence-electron chi connectivity index (χ3n) is 3.65. The molecule has 0 spiro atoms. The quantitative estimate of drug-likeness (QED) is 0.783. The topological polar surface area (TPSA) is 59.8 Å². The maximum Gasteiger partial charge on any atom is 0.252 e. The predicted octanol–water partition coefficient (Wildman–Crippen LogP) is 3.08. The Hall–Kier alpha value is -2.40. The van der Waals surface area contributed by atoms with Crippen molar-refractivity contribution >= 4 is 28.7 Å². The summed E-state index contributed by atoms with van der Waals surface area (Å²) in [5, 5.41) is 3.34. The molecule has 1 N–H and O–H groups in total. The highest BCUT2D eigenvalue weighted by Gasteiger charge is 2.12. The van der Waals surface area contributed by atoms with Crippen molar-refractivity contribution < 1.29 is 4.79 Å². The second kappa shape index (κ2) is 6.79. The summed E-state index contributed by atoms with van der Waals surface area (Å²) in [4.78, 5) is 21.1. The lowest BCUT2D eigenvalue weighted by atomic mass is 10.2. The van der Waals surface area contributed by atoms with Crippen LogP contribution in [0, 0.1) is 0 Å². The zero-order valence-corrected chi connectivity index (χ0v) is 13.5. The number of rotatable bonds is 5. The zero-order chi connectivity index (χ0) is 16.2. The Bertz CT molecular complexity index is 843. The van der Waals surface area contributed by atoms with Crippen molar-refractivity contribution in [3.05, 3.63) is 59.0 Å². The molecule has 1 aromatic carbocycles. The van der Waals surface area contributed by atoms with Crippen LogP contribution in [0.5, 0.6) is 0 Å². The maximum absolute atomic E-state index is 12.1. The molecule has 0 fully saturated rings. The van der Waals surface area contributed by atoms with Gasteiger partial charge in [0, 0.05) is 25.7 Å². The van der Waals surface area contributed by atoms with Crippen molar-refractivity contribution in [1.82, 2.24) is 19.9 Å². The average molecular weight is 329 g/mol. The molecule has 6 heteroatoms. The van der Waals surface area contributed by atoms with Gasteiger partial charge in [0.25, 0.3) is 5.91 Å². The number of nitrogens with one attached hydrogen (secondary N) is 1. The number of aromatic nitrogens is 3. The molecule has 0 radical (unpaired) electrons. The number of nitrogens with zero attached hydrogens (tertiary/aromatic N) is 3. The van der Waals surface area contributed by atoms with Gasteiger partial charge in [-0.1, -0.05) is 23.7 Å². The minimum Gasteiger partial charge on any atom is -0.352 e. The molecule has 3 rings (SSSR count). The monoisotopic (exact) mass is 328 g/mol. The normalized spacial score (nSPS) is 10.9. The summed E-state index contributed by atoms with van der Waals surface area (Å²) in [6, 6.07) is 10.8. The Balaban J connectivity index is 1.69. The Labute approximate surface area is 139 Å². The number of amides is 1. The summed E-state index contributed by atoms with van der Waals surface area (Å²) >= 11 is 6.03. The van der Waals surface area contributed by atoms with Gasteiger partial charge in [-0.3, -0.25) is 4.79 Å². The summed E-state index contributed by atoms with van der Waals surface area (Å²) in [6.45, 7) is 3.34. The smallest absolute Gasteiger partial charge is 0.252 e. The molecule has 1 amide bonds. The van der Waals surface area contributed by atoms with Crippen LogP contribution in [0.3, 0.4) is 0 Å². The molecule has 23 heavy (non-hydrogen) atoms. The number of fused-ring (bicyclic) bond motifs is 1. The fourth-order valence-electron chi connectivity index (χ4n) is 2.56. The predicted molar refractivity (Wildman–Crippen MR) is 90.7 cm³/mol. The number of carbonyl (C=O) groups excluding carboxylic acids is 1. The minimum absolute atomic E-state index is 0.173. The summed E-state index contributed by atoms with van der Waals surface area (Å²) < 4.78 is 2.07. The van der Waals surface area contributed by atoms with Crippen LogP contribution in [-0.4, -0.2) is 27.0 Å². The van der Waals surface area contributed by atoms with Gasteiger partial charge < -0.3 is 9.88 Å². The first-order chi connectivity index (χ1) is 11.2. The molecular formula is C17H17ClN4O. The Morgan fingerprint density at radius 1 is 1.26 bits per heavy atom. The molecule has 3 aromatic rings. The fourth-order valence-corrected chi connectivity index (χ4v) is 2.78. The van der Waals surface area contributed by atoms with E-state index in [1.54, 1.807) is 30.5 Å². The van der Waals surface area contributed by atoms with E-state index in [4.69, 9.17) is 11.6 Å². The number of hydrogen-bond acceptors (Lipinski definition) is 3. The summed E-state index contributed by atoms with van der Waals surface area (Å²) in [5.41, 5.74) is 2.24. The van der Waals surface area contributed by atoms with E-state index in [1.165, 1.54) is 0 Å². The SMILES string of the molecule is CCn1c(CCNC(=O)c2ccccc2Cl)nc2cccnc21.